The molecule has 1 amide bonds. The van der Waals surface area contributed by atoms with Crippen LogP contribution in [0.4, 0.5) is 10.5 Å². The molecule has 0 aliphatic rings. The maximum atomic E-state index is 11.0. The fourth-order valence-corrected chi connectivity index (χ4v) is 2.13. The summed E-state index contributed by atoms with van der Waals surface area (Å²) in [6, 6.07) is 7.90. The van der Waals surface area contributed by atoms with E-state index in [1.54, 1.807) is 0 Å². The number of benzene rings is 1. The third-order valence-corrected chi connectivity index (χ3v) is 3.19. The van der Waals surface area contributed by atoms with Gasteiger partial charge >= 0.3 is 0 Å². The van der Waals surface area contributed by atoms with Gasteiger partial charge in [-0.25, -0.2) is 0 Å². The van der Waals surface area contributed by atoms with Gasteiger partial charge in [-0.05, 0) is 44.1 Å². The zero-order valence-corrected chi connectivity index (χ0v) is 13.3. The summed E-state index contributed by atoms with van der Waals surface area (Å²) in [4.78, 5) is 13.4. The Hall–Kier alpha value is -0.710. The number of hydrogen-bond acceptors (Lipinski definition) is 2. The minimum absolute atomic E-state index is 0. The van der Waals surface area contributed by atoms with E-state index in [0.29, 0.717) is 0 Å². The minimum atomic E-state index is -0.314. The van der Waals surface area contributed by atoms with E-state index in [4.69, 9.17) is 0 Å². The fraction of sp³-hybridized carbons (Fsp3) is 0.500. The lowest BCUT2D eigenvalue weighted by Gasteiger charge is -2.18. The number of anilines is 1. The van der Waals surface area contributed by atoms with Gasteiger partial charge in [-0.15, -0.1) is 12.4 Å². The van der Waals surface area contributed by atoms with E-state index in [1.165, 1.54) is 5.56 Å². The van der Waals surface area contributed by atoms with E-state index in [2.05, 4.69) is 42.8 Å². The normalized spacial score (nSPS) is 10.1. The average Bonchev–Trinajstić information content (AvgIpc) is 2.36. The van der Waals surface area contributed by atoms with Crippen molar-refractivity contribution in [2.75, 3.05) is 25.0 Å². The van der Waals surface area contributed by atoms with Crippen molar-refractivity contribution in [3.05, 3.63) is 29.8 Å². The number of nitrogens with zero attached hydrogens (tertiary/aromatic N) is 1. The van der Waals surface area contributed by atoms with Gasteiger partial charge in [0, 0.05) is 5.69 Å². The van der Waals surface area contributed by atoms with E-state index in [0.717, 1.165) is 38.2 Å². The quantitative estimate of drug-likeness (QED) is 0.750. The van der Waals surface area contributed by atoms with Crippen molar-refractivity contribution >= 4 is 36.0 Å². The summed E-state index contributed by atoms with van der Waals surface area (Å²) >= 11 is 3.75. The zero-order chi connectivity index (χ0) is 13.4. The number of rotatable bonds is 7. The highest BCUT2D eigenvalue weighted by Crippen LogP contribution is 2.17. The third-order valence-electron chi connectivity index (χ3n) is 3.07. The second-order valence-electron chi connectivity index (χ2n) is 4.22. The molecule has 3 nitrogen and oxygen atoms in total. The molecule has 0 saturated heterocycles. The molecule has 0 aliphatic carbocycles. The van der Waals surface area contributed by atoms with Crippen LogP contribution in [0.25, 0.3) is 0 Å². The summed E-state index contributed by atoms with van der Waals surface area (Å²) in [5, 5.41) is 2.44. The summed E-state index contributed by atoms with van der Waals surface area (Å²) < 4.78 is 0. The molecule has 1 aromatic rings. The van der Waals surface area contributed by atoms with Gasteiger partial charge in [-0.2, -0.15) is 0 Å². The zero-order valence-electron chi connectivity index (χ0n) is 11.6. The molecule has 1 rings (SSSR count). The van der Waals surface area contributed by atoms with E-state index < -0.39 is 0 Å². The first-order chi connectivity index (χ1) is 8.67. The monoisotopic (exact) mass is 302 g/mol. The van der Waals surface area contributed by atoms with Crippen molar-refractivity contribution in [2.24, 2.45) is 0 Å². The standard InChI is InChI=1S/C14H22N2OS.ClH/c1-3-16(4-2)11-7-9-12-8-5-6-10-13(12)15-14(17)18;/h5-6,8,10H,3-4,7,9,11H2,1-2H3,(H2,15,17,18);1H. The van der Waals surface area contributed by atoms with Crippen molar-refractivity contribution in [3.8, 4) is 0 Å². The molecule has 1 aromatic carbocycles. The Morgan fingerprint density at radius 3 is 2.47 bits per heavy atom. The molecule has 0 fully saturated rings. The topological polar surface area (TPSA) is 32.3 Å². The number of nitrogens with one attached hydrogen (secondary N) is 1. The Kier molecular flexibility index (Phi) is 9.74. The molecule has 0 heterocycles. The lowest BCUT2D eigenvalue weighted by molar-refractivity contribution is 0.270. The van der Waals surface area contributed by atoms with Crippen LogP contribution in [0.15, 0.2) is 24.3 Å². The number of hydrogen-bond donors (Lipinski definition) is 2. The number of para-hydroxylation sites is 1. The molecule has 0 radical (unpaired) electrons. The van der Waals surface area contributed by atoms with Gasteiger partial charge < -0.3 is 10.2 Å². The third kappa shape index (κ3) is 6.85. The highest BCUT2D eigenvalue weighted by molar-refractivity contribution is 7.96. The van der Waals surface area contributed by atoms with Crippen molar-refractivity contribution in [2.45, 2.75) is 26.7 Å². The molecule has 0 aliphatic heterocycles. The number of aryl methyl sites for hydroxylation is 1. The number of amides is 1. The largest absolute Gasteiger partial charge is 0.317 e. The summed E-state index contributed by atoms with van der Waals surface area (Å²) in [7, 11) is 0. The van der Waals surface area contributed by atoms with Crippen LogP contribution in [0.5, 0.6) is 0 Å². The number of carbonyl (C=O) groups excluding carboxylic acids is 1. The number of thiol groups is 1. The van der Waals surface area contributed by atoms with Crippen molar-refractivity contribution in [1.82, 2.24) is 4.90 Å². The van der Waals surface area contributed by atoms with Crippen LogP contribution in [0.3, 0.4) is 0 Å². The molecule has 0 bridgehead atoms. The Bertz CT molecular complexity index is 383. The van der Waals surface area contributed by atoms with E-state index in [1.807, 2.05) is 18.2 Å². The molecule has 108 valence electrons. The Balaban J connectivity index is 0.00000324. The summed E-state index contributed by atoms with van der Waals surface area (Å²) in [5.41, 5.74) is 2.05. The molecule has 0 saturated carbocycles. The second kappa shape index (κ2) is 10.1. The van der Waals surface area contributed by atoms with Crippen LogP contribution in [0.2, 0.25) is 0 Å². The molecule has 1 N–H and O–H groups in total. The van der Waals surface area contributed by atoms with Gasteiger partial charge in [0.15, 0.2) is 0 Å². The SMILES string of the molecule is CCN(CC)CCCc1ccccc1NC(=O)S.Cl. The Morgan fingerprint density at radius 2 is 1.89 bits per heavy atom. The molecular formula is C14H23ClN2OS. The van der Waals surface area contributed by atoms with E-state index in [-0.39, 0.29) is 17.6 Å². The second-order valence-corrected chi connectivity index (χ2v) is 4.62. The molecule has 0 aromatic heterocycles. The molecule has 19 heavy (non-hydrogen) atoms. The summed E-state index contributed by atoms with van der Waals surface area (Å²) in [5.74, 6) is 0. The van der Waals surface area contributed by atoms with Gasteiger partial charge in [-0.3, -0.25) is 4.79 Å². The Labute approximate surface area is 127 Å². The van der Waals surface area contributed by atoms with Gasteiger partial charge in [0.2, 0.25) is 0 Å². The van der Waals surface area contributed by atoms with Crippen LogP contribution in [-0.2, 0) is 6.42 Å². The summed E-state index contributed by atoms with van der Waals surface area (Å²) in [6.45, 7) is 7.63. The van der Waals surface area contributed by atoms with Gasteiger partial charge in [-0.1, -0.05) is 44.7 Å². The van der Waals surface area contributed by atoms with Crippen LogP contribution >= 0.6 is 25.0 Å². The Morgan fingerprint density at radius 1 is 1.26 bits per heavy atom. The maximum Gasteiger partial charge on any atom is 0.280 e. The maximum absolute atomic E-state index is 11.0. The summed E-state index contributed by atoms with van der Waals surface area (Å²) in [6.07, 6.45) is 2.07. The first-order valence-electron chi connectivity index (χ1n) is 6.47. The van der Waals surface area contributed by atoms with Gasteiger partial charge in [0.05, 0.1) is 0 Å². The van der Waals surface area contributed by atoms with E-state index in [9.17, 15) is 4.79 Å². The van der Waals surface area contributed by atoms with Crippen molar-refractivity contribution in [1.29, 1.82) is 0 Å². The van der Waals surface area contributed by atoms with Crippen LogP contribution < -0.4 is 5.32 Å². The molecule has 0 spiro atoms. The molecule has 0 atom stereocenters. The molecule has 0 unspecified atom stereocenters. The smallest absolute Gasteiger partial charge is 0.280 e. The van der Waals surface area contributed by atoms with E-state index >= 15 is 0 Å². The molecular weight excluding hydrogens is 280 g/mol. The predicted octanol–water partition coefficient (Wildman–Crippen LogP) is 3.84. The van der Waals surface area contributed by atoms with Crippen LogP contribution in [0, 0.1) is 0 Å². The number of carbonyl (C=O) groups is 1. The highest BCUT2D eigenvalue weighted by atomic mass is 35.5. The highest BCUT2D eigenvalue weighted by Gasteiger charge is 2.04. The molecule has 5 heteroatoms. The van der Waals surface area contributed by atoms with Crippen LogP contribution in [-0.4, -0.2) is 29.8 Å². The fourth-order valence-electron chi connectivity index (χ4n) is 2.01. The minimum Gasteiger partial charge on any atom is -0.317 e. The average molecular weight is 303 g/mol. The van der Waals surface area contributed by atoms with Crippen LogP contribution in [0.1, 0.15) is 25.8 Å². The first-order valence-corrected chi connectivity index (χ1v) is 6.92. The lowest BCUT2D eigenvalue weighted by Crippen LogP contribution is -2.24. The van der Waals surface area contributed by atoms with Crippen molar-refractivity contribution in [3.63, 3.8) is 0 Å². The first kappa shape index (κ1) is 18.3. The van der Waals surface area contributed by atoms with Gasteiger partial charge in [0.25, 0.3) is 5.24 Å². The number of halogens is 1. The van der Waals surface area contributed by atoms with Gasteiger partial charge in [0.1, 0.15) is 0 Å². The predicted molar refractivity (Wildman–Crippen MR) is 87.8 cm³/mol. The van der Waals surface area contributed by atoms with Crippen molar-refractivity contribution < 1.29 is 4.79 Å². The lowest BCUT2D eigenvalue weighted by atomic mass is 10.1.